The van der Waals surface area contributed by atoms with E-state index in [0.717, 1.165) is 0 Å². The zero-order valence-corrected chi connectivity index (χ0v) is 6.28. The molecule has 4 nitrogen and oxygen atoms in total. The number of nitrogens with zero attached hydrogens (tertiary/aromatic N) is 3. The molecule has 0 spiro atoms. The molecule has 0 aliphatic rings. The highest BCUT2D eigenvalue weighted by molar-refractivity contribution is 6.31. The number of hydrogen-bond donors (Lipinski definition) is 1. The average Bonchev–Trinajstić information content (AvgIpc) is 1.85. The van der Waals surface area contributed by atoms with Gasteiger partial charge in [0.2, 0.25) is 0 Å². The van der Waals surface area contributed by atoms with E-state index in [0.29, 0.717) is 16.4 Å². The zero-order valence-electron chi connectivity index (χ0n) is 5.53. The molecular formula is C6H5ClN4. The third-order valence-corrected chi connectivity index (χ3v) is 1.28. The first-order chi connectivity index (χ1) is 5.22. The van der Waals surface area contributed by atoms with Gasteiger partial charge in [0.05, 0.1) is 0 Å². The number of hydrogen-bond acceptors (Lipinski definition) is 2. The standard InChI is InChI=1S/C6H5ClN4/c7-4-1-5(8)3-6(2-4)10-11-9/h1-3H,8H2. The van der Waals surface area contributed by atoms with E-state index in [1.165, 1.54) is 6.07 Å². The second-order valence-corrected chi connectivity index (χ2v) is 2.37. The Kier molecular flexibility index (Phi) is 2.21. The fourth-order valence-electron chi connectivity index (χ4n) is 0.706. The lowest BCUT2D eigenvalue weighted by molar-refractivity contribution is 1.48. The predicted octanol–water partition coefficient (Wildman–Crippen LogP) is 2.86. The number of nitrogens with two attached hydrogens (primary N) is 1. The number of nitrogen functional groups attached to an aromatic ring is 1. The van der Waals surface area contributed by atoms with Gasteiger partial charge < -0.3 is 5.73 Å². The van der Waals surface area contributed by atoms with Crippen molar-refractivity contribution in [3.8, 4) is 0 Å². The highest BCUT2D eigenvalue weighted by atomic mass is 35.5. The van der Waals surface area contributed by atoms with Gasteiger partial charge in [-0.15, -0.1) is 0 Å². The summed E-state index contributed by atoms with van der Waals surface area (Å²) in [7, 11) is 0. The van der Waals surface area contributed by atoms with Crippen molar-refractivity contribution in [2.24, 2.45) is 5.11 Å². The smallest absolute Gasteiger partial charge is 0.0431 e. The van der Waals surface area contributed by atoms with Crippen molar-refractivity contribution in [3.63, 3.8) is 0 Å². The molecule has 1 aromatic rings. The minimum atomic E-state index is 0.428. The fraction of sp³-hybridized carbons (Fsp3) is 0. The first-order valence-electron chi connectivity index (χ1n) is 2.83. The maximum atomic E-state index is 8.08. The Morgan fingerprint density at radius 2 is 2.18 bits per heavy atom. The molecule has 5 heteroatoms. The number of anilines is 1. The SMILES string of the molecule is [N-]=[N+]=Nc1cc(N)cc(Cl)c1. The first-order valence-corrected chi connectivity index (χ1v) is 3.21. The molecule has 0 heterocycles. The Labute approximate surface area is 68.2 Å². The second-order valence-electron chi connectivity index (χ2n) is 1.93. The van der Waals surface area contributed by atoms with Crippen LogP contribution in [0.5, 0.6) is 0 Å². The van der Waals surface area contributed by atoms with Gasteiger partial charge in [-0.25, -0.2) is 0 Å². The van der Waals surface area contributed by atoms with Gasteiger partial charge in [0, 0.05) is 21.3 Å². The maximum absolute atomic E-state index is 8.08. The minimum Gasteiger partial charge on any atom is -0.399 e. The van der Waals surface area contributed by atoms with Gasteiger partial charge in [-0.1, -0.05) is 16.7 Å². The molecule has 1 rings (SSSR count). The lowest BCUT2D eigenvalue weighted by Gasteiger charge is -1.95. The van der Waals surface area contributed by atoms with Gasteiger partial charge in [-0.2, -0.15) is 0 Å². The summed E-state index contributed by atoms with van der Waals surface area (Å²) in [6, 6.07) is 4.67. The van der Waals surface area contributed by atoms with Crippen molar-refractivity contribution in [1.29, 1.82) is 0 Å². The third-order valence-electron chi connectivity index (χ3n) is 1.07. The molecule has 0 fully saturated rings. The van der Waals surface area contributed by atoms with Crippen LogP contribution in [0.15, 0.2) is 23.3 Å². The molecule has 0 aliphatic carbocycles. The molecule has 2 N–H and O–H groups in total. The van der Waals surface area contributed by atoms with Crippen LogP contribution in [0, 0.1) is 0 Å². The molecule has 0 aromatic heterocycles. The minimum absolute atomic E-state index is 0.428. The van der Waals surface area contributed by atoms with Crippen LogP contribution in [-0.2, 0) is 0 Å². The molecule has 1 aromatic carbocycles. The first kappa shape index (κ1) is 7.72. The maximum Gasteiger partial charge on any atom is 0.0431 e. The van der Waals surface area contributed by atoms with Gasteiger partial charge in [0.15, 0.2) is 0 Å². The molecule has 56 valence electrons. The lowest BCUT2D eigenvalue weighted by atomic mass is 10.3. The molecule has 0 unspecified atom stereocenters. The lowest BCUT2D eigenvalue weighted by Crippen LogP contribution is -1.82. The Hall–Kier alpha value is -1.38. The summed E-state index contributed by atoms with van der Waals surface area (Å²) in [6.07, 6.45) is 0. The van der Waals surface area contributed by atoms with Crippen LogP contribution < -0.4 is 5.73 Å². The summed E-state index contributed by atoms with van der Waals surface area (Å²) in [5, 5.41) is 3.81. The van der Waals surface area contributed by atoms with Crippen molar-refractivity contribution in [1.82, 2.24) is 0 Å². The molecular weight excluding hydrogens is 164 g/mol. The summed E-state index contributed by atoms with van der Waals surface area (Å²) in [6.45, 7) is 0. The van der Waals surface area contributed by atoms with Crippen LogP contribution in [-0.4, -0.2) is 0 Å². The van der Waals surface area contributed by atoms with Crippen molar-refractivity contribution in [3.05, 3.63) is 33.7 Å². The topological polar surface area (TPSA) is 74.8 Å². The zero-order chi connectivity index (χ0) is 8.27. The van der Waals surface area contributed by atoms with Gasteiger partial charge in [-0.05, 0) is 23.7 Å². The normalized spacial score (nSPS) is 8.82. The quantitative estimate of drug-likeness (QED) is 0.298. The number of benzene rings is 1. The molecule has 11 heavy (non-hydrogen) atoms. The van der Waals surface area contributed by atoms with E-state index >= 15 is 0 Å². The molecule has 0 radical (unpaired) electrons. The van der Waals surface area contributed by atoms with Gasteiger partial charge in [0.1, 0.15) is 0 Å². The van der Waals surface area contributed by atoms with Crippen LogP contribution in [0.1, 0.15) is 0 Å². The highest BCUT2D eigenvalue weighted by Gasteiger charge is 1.93. The molecule has 0 saturated heterocycles. The number of rotatable bonds is 1. The monoisotopic (exact) mass is 168 g/mol. The Bertz CT molecular complexity index is 296. The van der Waals surface area contributed by atoms with Gasteiger partial charge in [-0.3, -0.25) is 0 Å². The van der Waals surface area contributed by atoms with Gasteiger partial charge >= 0.3 is 0 Å². The molecule has 0 bridgehead atoms. The number of azide groups is 1. The summed E-state index contributed by atoms with van der Waals surface area (Å²) < 4.78 is 0. The Morgan fingerprint density at radius 1 is 1.45 bits per heavy atom. The second kappa shape index (κ2) is 3.14. The van der Waals surface area contributed by atoms with E-state index in [4.69, 9.17) is 22.9 Å². The molecule has 0 aliphatic heterocycles. The van der Waals surface area contributed by atoms with E-state index in [9.17, 15) is 0 Å². The van der Waals surface area contributed by atoms with Crippen molar-refractivity contribution in [2.75, 3.05) is 5.73 Å². The van der Waals surface area contributed by atoms with E-state index in [1.807, 2.05) is 0 Å². The van der Waals surface area contributed by atoms with Crippen LogP contribution in [0.4, 0.5) is 11.4 Å². The molecule has 0 atom stereocenters. The van der Waals surface area contributed by atoms with E-state index in [-0.39, 0.29) is 0 Å². The summed E-state index contributed by atoms with van der Waals surface area (Å²) >= 11 is 5.62. The van der Waals surface area contributed by atoms with Crippen molar-refractivity contribution < 1.29 is 0 Å². The molecule has 0 saturated carbocycles. The van der Waals surface area contributed by atoms with E-state index in [2.05, 4.69) is 10.0 Å². The average molecular weight is 169 g/mol. The number of halogens is 1. The van der Waals surface area contributed by atoms with E-state index < -0.39 is 0 Å². The van der Waals surface area contributed by atoms with Crippen molar-refractivity contribution >= 4 is 23.0 Å². The highest BCUT2D eigenvalue weighted by Crippen LogP contribution is 2.22. The largest absolute Gasteiger partial charge is 0.399 e. The van der Waals surface area contributed by atoms with Crippen LogP contribution in [0.2, 0.25) is 5.02 Å². The van der Waals surface area contributed by atoms with E-state index in [1.54, 1.807) is 12.1 Å². The third kappa shape index (κ3) is 2.04. The van der Waals surface area contributed by atoms with Crippen LogP contribution in [0.3, 0.4) is 0 Å². The van der Waals surface area contributed by atoms with Crippen molar-refractivity contribution in [2.45, 2.75) is 0 Å². The summed E-state index contributed by atoms with van der Waals surface area (Å²) in [5.41, 5.74) is 14.4. The fourth-order valence-corrected chi connectivity index (χ4v) is 0.943. The van der Waals surface area contributed by atoms with Crippen LogP contribution in [0.25, 0.3) is 10.4 Å². The van der Waals surface area contributed by atoms with Crippen LogP contribution >= 0.6 is 11.6 Å². The summed E-state index contributed by atoms with van der Waals surface area (Å²) in [5.74, 6) is 0. The Balaban J connectivity index is 3.18. The molecule has 0 amide bonds. The predicted molar refractivity (Wildman–Crippen MR) is 44.7 cm³/mol. The summed E-state index contributed by atoms with van der Waals surface area (Å²) in [4.78, 5) is 2.60. The Morgan fingerprint density at radius 3 is 2.73 bits per heavy atom. The van der Waals surface area contributed by atoms with Gasteiger partial charge in [0.25, 0.3) is 0 Å².